The monoisotopic (exact) mass is 284 g/mol. The van der Waals surface area contributed by atoms with Gasteiger partial charge in [-0.1, -0.05) is 5.16 Å². The van der Waals surface area contributed by atoms with E-state index in [1.807, 2.05) is 0 Å². The summed E-state index contributed by atoms with van der Waals surface area (Å²) in [6.45, 7) is 2.99. The summed E-state index contributed by atoms with van der Waals surface area (Å²) in [6.07, 6.45) is 1.41. The smallest absolute Gasteiger partial charge is 0.252 e. The van der Waals surface area contributed by atoms with Gasteiger partial charge in [0.25, 0.3) is 5.89 Å². The van der Waals surface area contributed by atoms with Crippen LogP contribution in [0.15, 0.2) is 4.52 Å². The SMILES string of the molecule is COCc1nc(CN(C)C[C@@H]2C[C@H](OC)CN2C)no1. The summed E-state index contributed by atoms with van der Waals surface area (Å²) in [5, 5.41) is 3.95. The molecule has 0 bridgehead atoms. The van der Waals surface area contributed by atoms with Crippen LogP contribution in [0.1, 0.15) is 18.1 Å². The van der Waals surface area contributed by atoms with E-state index in [1.54, 1.807) is 14.2 Å². The maximum absolute atomic E-state index is 5.43. The van der Waals surface area contributed by atoms with E-state index in [0.29, 0.717) is 37.0 Å². The van der Waals surface area contributed by atoms with Crippen molar-refractivity contribution < 1.29 is 14.0 Å². The lowest BCUT2D eigenvalue weighted by Crippen LogP contribution is -2.36. The Kier molecular flexibility index (Phi) is 5.47. The molecule has 0 aliphatic carbocycles. The minimum atomic E-state index is 0.344. The number of hydrogen-bond acceptors (Lipinski definition) is 7. The highest BCUT2D eigenvalue weighted by molar-refractivity contribution is 4.88. The van der Waals surface area contributed by atoms with Crippen LogP contribution >= 0.6 is 0 Å². The fourth-order valence-electron chi connectivity index (χ4n) is 2.62. The number of likely N-dealkylation sites (N-methyl/N-ethyl adjacent to an activating group) is 2. The summed E-state index contributed by atoms with van der Waals surface area (Å²) in [5.74, 6) is 1.22. The van der Waals surface area contributed by atoms with E-state index in [-0.39, 0.29) is 0 Å². The molecule has 0 N–H and O–H groups in total. The van der Waals surface area contributed by atoms with Crippen molar-refractivity contribution in [3.63, 3.8) is 0 Å². The molecule has 114 valence electrons. The van der Waals surface area contributed by atoms with E-state index < -0.39 is 0 Å². The van der Waals surface area contributed by atoms with Gasteiger partial charge in [-0.3, -0.25) is 9.80 Å². The van der Waals surface area contributed by atoms with Crippen LogP contribution in [0.3, 0.4) is 0 Å². The van der Waals surface area contributed by atoms with Gasteiger partial charge in [-0.2, -0.15) is 4.98 Å². The van der Waals surface area contributed by atoms with E-state index >= 15 is 0 Å². The number of aromatic nitrogens is 2. The zero-order valence-electron chi connectivity index (χ0n) is 12.7. The second-order valence-electron chi connectivity index (χ2n) is 5.42. The fraction of sp³-hybridized carbons (Fsp3) is 0.846. The van der Waals surface area contributed by atoms with Gasteiger partial charge in [0.2, 0.25) is 0 Å². The second kappa shape index (κ2) is 7.12. The molecule has 1 aliphatic heterocycles. The molecule has 1 aromatic rings. The molecule has 0 radical (unpaired) electrons. The first kappa shape index (κ1) is 15.4. The third-order valence-corrected chi connectivity index (χ3v) is 3.69. The minimum Gasteiger partial charge on any atom is -0.380 e. The third-order valence-electron chi connectivity index (χ3n) is 3.69. The van der Waals surface area contributed by atoms with Crippen molar-refractivity contribution in [1.82, 2.24) is 19.9 Å². The highest BCUT2D eigenvalue weighted by Crippen LogP contribution is 2.19. The van der Waals surface area contributed by atoms with Crippen molar-refractivity contribution in [2.24, 2.45) is 0 Å². The first-order valence-electron chi connectivity index (χ1n) is 6.84. The molecule has 20 heavy (non-hydrogen) atoms. The Morgan fingerprint density at radius 1 is 1.45 bits per heavy atom. The van der Waals surface area contributed by atoms with Crippen LogP contribution in [0.4, 0.5) is 0 Å². The second-order valence-corrected chi connectivity index (χ2v) is 5.42. The van der Waals surface area contributed by atoms with E-state index in [9.17, 15) is 0 Å². The number of likely N-dealkylation sites (tertiary alicyclic amines) is 1. The topological polar surface area (TPSA) is 63.9 Å². The van der Waals surface area contributed by atoms with Crippen LogP contribution < -0.4 is 0 Å². The molecular formula is C13H24N4O3. The summed E-state index contributed by atoms with van der Waals surface area (Å²) in [6, 6.07) is 0.510. The number of rotatable bonds is 7. The van der Waals surface area contributed by atoms with Crippen LogP contribution in [-0.2, 0) is 22.6 Å². The van der Waals surface area contributed by atoms with E-state index in [1.165, 1.54) is 0 Å². The number of ether oxygens (including phenoxy) is 2. The average molecular weight is 284 g/mol. The molecule has 0 amide bonds. The van der Waals surface area contributed by atoms with Gasteiger partial charge in [0.15, 0.2) is 5.82 Å². The highest BCUT2D eigenvalue weighted by atomic mass is 16.5. The first-order valence-corrected chi connectivity index (χ1v) is 6.84. The van der Waals surface area contributed by atoms with Gasteiger partial charge in [-0.05, 0) is 20.5 Å². The Morgan fingerprint density at radius 2 is 2.25 bits per heavy atom. The molecule has 1 aliphatic rings. The molecule has 0 aromatic carbocycles. The third kappa shape index (κ3) is 3.99. The van der Waals surface area contributed by atoms with Gasteiger partial charge in [0, 0.05) is 33.4 Å². The van der Waals surface area contributed by atoms with Crippen molar-refractivity contribution >= 4 is 0 Å². The number of nitrogens with zero attached hydrogens (tertiary/aromatic N) is 4. The van der Waals surface area contributed by atoms with Gasteiger partial charge in [-0.25, -0.2) is 0 Å². The van der Waals surface area contributed by atoms with Crippen molar-refractivity contribution in [1.29, 1.82) is 0 Å². The molecule has 2 heterocycles. The maximum Gasteiger partial charge on any atom is 0.252 e. The van der Waals surface area contributed by atoms with Crippen molar-refractivity contribution in [2.75, 3.05) is 41.4 Å². The average Bonchev–Trinajstić information content (AvgIpc) is 2.98. The molecular weight excluding hydrogens is 260 g/mol. The summed E-state index contributed by atoms with van der Waals surface area (Å²) in [7, 11) is 7.60. The Morgan fingerprint density at radius 3 is 2.90 bits per heavy atom. The van der Waals surface area contributed by atoms with E-state index in [2.05, 4.69) is 34.0 Å². The predicted octanol–water partition coefficient (Wildman–Crippen LogP) is 0.367. The quantitative estimate of drug-likeness (QED) is 0.716. The lowest BCUT2D eigenvalue weighted by atomic mass is 10.2. The number of methoxy groups -OCH3 is 2. The standard InChI is InChI=1S/C13H24N4O3/c1-16(6-10-5-11(19-4)7-17(10)2)8-12-14-13(9-18-3)20-15-12/h10-11H,5-9H2,1-4H3/t10-,11-/m0/s1. The molecule has 2 atom stereocenters. The Hall–Kier alpha value is -1.02. The molecule has 1 aromatic heterocycles. The lowest BCUT2D eigenvalue weighted by Gasteiger charge is -2.24. The molecule has 7 heteroatoms. The summed E-state index contributed by atoms with van der Waals surface area (Å²) in [5.41, 5.74) is 0. The zero-order valence-corrected chi connectivity index (χ0v) is 12.7. The zero-order chi connectivity index (χ0) is 14.5. The van der Waals surface area contributed by atoms with Crippen LogP contribution in [0.2, 0.25) is 0 Å². The van der Waals surface area contributed by atoms with Crippen LogP contribution in [-0.4, -0.2) is 73.5 Å². The van der Waals surface area contributed by atoms with Gasteiger partial charge in [-0.15, -0.1) is 0 Å². The molecule has 1 saturated heterocycles. The van der Waals surface area contributed by atoms with Crippen molar-refractivity contribution in [3.05, 3.63) is 11.7 Å². The molecule has 1 fully saturated rings. The van der Waals surface area contributed by atoms with Crippen LogP contribution in [0, 0.1) is 0 Å². The molecule has 7 nitrogen and oxygen atoms in total. The fourth-order valence-corrected chi connectivity index (χ4v) is 2.62. The number of hydrogen-bond donors (Lipinski definition) is 0. The summed E-state index contributed by atoms with van der Waals surface area (Å²) < 4.78 is 15.5. The molecule has 0 spiro atoms. The van der Waals surface area contributed by atoms with Gasteiger partial charge >= 0.3 is 0 Å². The van der Waals surface area contributed by atoms with E-state index in [0.717, 1.165) is 19.5 Å². The predicted molar refractivity (Wildman–Crippen MR) is 73.2 cm³/mol. The normalized spacial score (nSPS) is 23.9. The van der Waals surface area contributed by atoms with Crippen LogP contribution in [0.5, 0.6) is 0 Å². The molecule has 0 saturated carbocycles. The van der Waals surface area contributed by atoms with Gasteiger partial charge in [0.05, 0.1) is 12.6 Å². The summed E-state index contributed by atoms with van der Waals surface area (Å²) >= 11 is 0. The molecule has 0 unspecified atom stereocenters. The van der Waals surface area contributed by atoms with Crippen molar-refractivity contribution in [2.45, 2.75) is 31.7 Å². The Balaban J connectivity index is 1.81. The Bertz CT molecular complexity index is 412. The highest BCUT2D eigenvalue weighted by Gasteiger charge is 2.30. The largest absolute Gasteiger partial charge is 0.380 e. The van der Waals surface area contributed by atoms with Crippen LogP contribution in [0.25, 0.3) is 0 Å². The maximum atomic E-state index is 5.43. The van der Waals surface area contributed by atoms with Crippen molar-refractivity contribution in [3.8, 4) is 0 Å². The molecule has 2 rings (SSSR count). The lowest BCUT2D eigenvalue weighted by molar-refractivity contribution is 0.111. The van der Waals surface area contributed by atoms with Gasteiger partial charge < -0.3 is 14.0 Å². The minimum absolute atomic E-state index is 0.344. The van der Waals surface area contributed by atoms with E-state index in [4.69, 9.17) is 14.0 Å². The first-order chi connectivity index (χ1) is 9.62. The Labute approximate surface area is 119 Å². The summed E-state index contributed by atoms with van der Waals surface area (Å²) in [4.78, 5) is 8.84. The van der Waals surface area contributed by atoms with Gasteiger partial charge in [0.1, 0.15) is 6.61 Å².